The number of rotatable bonds is 11. The number of carbonyl (C=O) groups is 1. The number of allylic oxidation sites excluding steroid dienone is 1. The molecule has 0 amide bonds. The van der Waals surface area contributed by atoms with Crippen molar-refractivity contribution >= 4 is 34.6 Å². The van der Waals surface area contributed by atoms with Gasteiger partial charge in [0.05, 0.1) is 6.61 Å². The molecule has 2 rings (SSSR count). The number of aliphatic hydroxyl groups is 1. The van der Waals surface area contributed by atoms with E-state index in [0.29, 0.717) is 28.3 Å². The highest BCUT2D eigenvalue weighted by Gasteiger charge is 2.31. The Morgan fingerprint density at radius 1 is 1.17 bits per heavy atom. The zero-order chi connectivity index (χ0) is 27.3. The molecule has 0 fully saturated rings. The van der Waals surface area contributed by atoms with Crippen molar-refractivity contribution in [1.82, 2.24) is 4.98 Å². The molecule has 0 aliphatic heterocycles. The fourth-order valence-electron chi connectivity index (χ4n) is 3.23. The van der Waals surface area contributed by atoms with Gasteiger partial charge in [0.15, 0.2) is 5.78 Å². The Morgan fingerprint density at radius 2 is 1.78 bits per heavy atom. The molecule has 6 nitrogen and oxygen atoms in total. The van der Waals surface area contributed by atoms with Crippen molar-refractivity contribution in [1.29, 1.82) is 5.41 Å². The molecule has 3 N–H and O–H groups in total. The maximum Gasteiger partial charge on any atom is 0.573 e. The molecule has 1 atom stereocenters. The van der Waals surface area contributed by atoms with E-state index in [1.54, 1.807) is 6.07 Å². The van der Waals surface area contributed by atoms with Crippen LogP contribution in [0.3, 0.4) is 0 Å². The summed E-state index contributed by atoms with van der Waals surface area (Å²) in [5.41, 5.74) is 3.21. The summed E-state index contributed by atoms with van der Waals surface area (Å²) in [6.07, 6.45) is 0.591. The minimum Gasteiger partial charge on any atom is -0.406 e. The van der Waals surface area contributed by atoms with Crippen molar-refractivity contribution in [3.05, 3.63) is 59.3 Å². The van der Waals surface area contributed by atoms with E-state index in [9.17, 15) is 23.1 Å². The van der Waals surface area contributed by atoms with Crippen molar-refractivity contribution < 1.29 is 27.8 Å². The predicted octanol–water partition coefficient (Wildman–Crippen LogP) is 7.37. The van der Waals surface area contributed by atoms with Crippen molar-refractivity contribution in [2.75, 3.05) is 5.32 Å². The molecule has 1 aromatic heterocycles. The van der Waals surface area contributed by atoms with Gasteiger partial charge in [0.1, 0.15) is 11.6 Å². The van der Waals surface area contributed by atoms with Gasteiger partial charge in [0, 0.05) is 40.5 Å². The fourth-order valence-corrected chi connectivity index (χ4v) is 3.36. The van der Waals surface area contributed by atoms with Crippen molar-refractivity contribution in [3.63, 3.8) is 0 Å². The number of hydrogen-bond donors (Lipinski definition) is 3. The van der Waals surface area contributed by atoms with Crippen LogP contribution in [0.4, 0.5) is 24.7 Å². The first-order valence-corrected chi connectivity index (χ1v) is 12.1. The Bertz CT molecular complexity index is 1010. The first-order chi connectivity index (χ1) is 17.0. The number of anilines is 2. The van der Waals surface area contributed by atoms with E-state index in [2.05, 4.69) is 15.0 Å². The molecule has 0 aliphatic rings. The number of pyridine rings is 1. The monoisotopic (exact) mass is 527 g/mol. The predicted molar refractivity (Wildman–Crippen MR) is 137 cm³/mol. The highest BCUT2D eigenvalue weighted by molar-refractivity contribution is 6.26. The van der Waals surface area contributed by atoms with Crippen LogP contribution < -0.4 is 10.1 Å². The summed E-state index contributed by atoms with van der Waals surface area (Å²) < 4.78 is 40.6. The Morgan fingerprint density at radius 3 is 2.25 bits per heavy atom. The highest BCUT2D eigenvalue weighted by Crippen LogP contribution is 2.29. The normalized spacial score (nSPS) is 12.2. The average molecular weight is 528 g/mol. The molecular formula is C26H33ClF3N3O3. The largest absolute Gasteiger partial charge is 0.573 e. The van der Waals surface area contributed by atoms with Gasteiger partial charge in [-0.25, -0.2) is 4.98 Å². The van der Waals surface area contributed by atoms with E-state index in [1.807, 2.05) is 27.7 Å². The number of benzene rings is 1. The van der Waals surface area contributed by atoms with Gasteiger partial charge in [-0.3, -0.25) is 4.79 Å². The topological polar surface area (TPSA) is 95.3 Å². The second-order valence-electron chi connectivity index (χ2n) is 7.98. The first-order valence-electron chi connectivity index (χ1n) is 11.6. The van der Waals surface area contributed by atoms with Crippen molar-refractivity contribution in [2.45, 2.75) is 59.9 Å². The van der Waals surface area contributed by atoms with Crippen molar-refractivity contribution in [3.8, 4) is 5.75 Å². The molecule has 0 radical (unpaired) electrons. The van der Waals surface area contributed by atoms with E-state index in [0.717, 1.165) is 19.3 Å². The Hall–Kier alpha value is -2.91. The number of halogens is 4. The SMILES string of the molecule is CCC(C)C(=O)/C=C/Cl.CCC(CC)C(=N)c1c(CO)ccnc1Nc1ccc(OC(F)(F)F)cc1. The lowest BCUT2D eigenvalue weighted by molar-refractivity contribution is -0.274. The maximum absolute atomic E-state index is 12.3. The number of nitrogens with one attached hydrogen (secondary N) is 2. The Kier molecular flexibility index (Phi) is 13.2. The molecule has 0 saturated carbocycles. The minimum absolute atomic E-state index is 0.0163. The smallest absolute Gasteiger partial charge is 0.406 e. The molecule has 1 aromatic carbocycles. The Balaban J connectivity index is 0.000000613. The second kappa shape index (κ2) is 15.3. The molecule has 10 heteroatoms. The van der Waals surface area contributed by atoms with Gasteiger partial charge in [-0.1, -0.05) is 39.3 Å². The molecule has 1 heterocycles. The number of ketones is 1. The van der Waals surface area contributed by atoms with Crippen LogP contribution in [0, 0.1) is 17.2 Å². The number of alkyl halides is 3. The van der Waals surface area contributed by atoms with Crippen LogP contribution in [-0.2, 0) is 11.4 Å². The minimum atomic E-state index is -4.75. The number of nitrogens with zero attached hydrogens (tertiary/aromatic N) is 1. The Labute approximate surface area is 215 Å². The lowest BCUT2D eigenvalue weighted by Gasteiger charge is -2.20. The lowest BCUT2D eigenvalue weighted by Crippen LogP contribution is -2.18. The van der Waals surface area contributed by atoms with Gasteiger partial charge in [-0.05, 0) is 61.2 Å². The number of hydrogen-bond acceptors (Lipinski definition) is 6. The molecule has 198 valence electrons. The number of aliphatic hydroxyl groups excluding tert-OH is 1. The molecule has 0 saturated heterocycles. The van der Waals surface area contributed by atoms with Crippen LogP contribution in [0.5, 0.6) is 5.75 Å². The molecule has 36 heavy (non-hydrogen) atoms. The molecule has 0 bridgehead atoms. The van der Waals surface area contributed by atoms with E-state index >= 15 is 0 Å². The summed E-state index contributed by atoms with van der Waals surface area (Å²) in [6.45, 7) is 7.60. The zero-order valence-electron chi connectivity index (χ0n) is 20.8. The fraction of sp³-hybridized carbons (Fsp3) is 0.423. The first kappa shape index (κ1) is 31.1. The third-order valence-electron chi connectivity index (χ3n) is 5.55. The van der Waals surface area contributed by atoms with Crippen LogP contribution in [0.1, 0.15) is 58.1 Å². The molecule has 2 aromatic rings. The molecule has 0 aliphatic carbocycles. The van der Waals surface area contributed by atoms with Crippen LogP contribution in [0.2, 0.25) is 0 Å². The zero-order valence-corrected chi connectivity index (χ0v) is 21.6. The highest BCUT2D eigenvalue weighted by atomic mass is 35.5. The van der Waals surface area contributed by atoms with Crippen molar-refractivity contribution in [2.24, 2.45) is 11.8 Å². The van der Waals surface area contributed by atoms with Gasteiger partial charge < -0.3 is 20.6 Å². The van der Waals surface area contributed by atoms with Gasteiger partial charge in [0.2, 0.25) is 0 Å². The van der Waals surface area contributed by atoms with Crippen LogP contribution >= 0.6 is 11.6 Å². The molecule has 0 spiro atoms. The average Bonchev–Trinajstić information content (AvgIpc) is 2.84. The van der Waals surface area contributed by atoms with Gasteiger partial charge >= 0.3 is 6.36 Å². The summed E-state index contributed by atoms with van der Waals surface area (Å²) in [6, 6.07) is 6.89. The van der Waals surface area contributed by atoms with Gasteiger partial charge in [-0.15, -0.1) is 13.2 Å². The third-order valence-corrected chi connectivity index (χ3v) is 5.67. The summed E-state index contributed by atoms with van der Waals surface area (Å²) >= 11 is 5.20. The number of aromatic nitrogens is 1. The standard InChI is InChI=1S/C19H22F3N3O2.C7H11ClO/c1-3-12(4-2)17(23)16-13(11-26)9-10-24-18(16)25-14-5-7-15(8-6-14)27-19(20,21)22;1-3-6(2)7(9)4-5-8/h5-10,12,23,26H,3-4,11H2,1-2H3,(H,24,25);4-6H,3H2,1-2H3/b;5-4+. The summed E-state index contributed by atoms with van der Waals surface area (Å²) in [5.74, 6) is 0.285. The van der Waals surface area contributed by atoms with Gasteiger partial charge in [0.25, 0.3) is 0 Å². The van der Waals surface area contributed by atoms with E-state index in [4.69, 9.17) is 17.0 Å². The van der Waals surface area contributed by atoms with Crippen LogP contribution in [0.15, 0.2) is 48.1 Å². The quantitative estimate of drug-likeness (QED) is 0.209. The van der Waals surface area contributed by atoms with E-state index in [-0.39, 0.29) is 30.0 Å². The molecular weight excluding hydrogens is 495 g/mol. The van der Waals surface area contributed by atoms with Gasteiger partial charge in [-0.2, -0.15) is 0 Å². The summed E-state index contributed by atoms with van der Waals surface area (Å²) in [4.78, 5) is 15.1. The van der Waals surface area contributed by atoms with Crippen LogP contribution in [-0.4, -0.2) is 27.9 Å². The third kappa shape index (κ3) is 9.99. The summed E-state index contributed by atoms with van der Waals surface area (Å²) in [5, 5.41) is 21.2. The van der Waals surface area contributed by atoms with E-state index in [1.165, 1.54) is 42.1 Å². The molecule has 1 unspecified atom stereocenters. The summed E-state index contributed by atoms with van der Waals surface area (Å²) in [7, 11) is 0. The van der Waals surface area contributed by atoms with E-state index < -0.39 is 6.36 Å². The second-order valence-corrected chi connectivity index (χ2v) is 8.23. The lowest BCUT2D eigenvalue weighted by atomic mass is 9.90. The number of carbonyl (C=O) groups excluding carboxylic acids is 1. The number of ether oxygens (including phenoxy) is 1. The van der Waals surface area contributed by atoms with Crippen LogP contribution in [0.25, 0.3) is 0 Å². The maximum atomic E-state index is 12.3.